The summed E-state index contributed by atoms with van der Waals surface area (Å²) in [7, 11) is 0. The van der Waals surface area contributed by atoms with Gasteiger partial charge in [-0.05, 0) is 43.2 Å². The Morgan fingerprint density at radius 2 is 2.04 bits per heavy atom. The average molecular weight is 379 g/mol. The summed E-state index contributed by atoms with van der Waals surface area (Å²) in [5.74, 6) is -0.0539. The number of aromatic nitrogens is 3. The zero-order valence-electron chi connectivity index (χ0n) is 15.8. The summed E-state index contributed by atoms with van der Waals surface area (Å²) < 4.78 is 1.88. The zero-order chi connectivity index (χ0) is 19.3. The third-order valence-corrected chi connectivity index (χ3v) is 5.26. The van der Waals surface area contributed by atoms with Crippen LogP contribution in [0.3, 0.4) is 0 Å². The number of fused-ring (bicyclic) bond motifs is 1. The molecule has 2 aromatic heterocycles. The maximum absolute atomic E-state index is 12.7. The standard InChI is InChI=1S/C21H25N5O2/c27-12-11-26-15-23-19-13-16(4-5-20(19)26)21(28)24-17-6-9-25(10-7-17)14-18-3-1-2-8-22-18/h1-5,8,13,15,17,27H,6-7,9-12,14H2,(H,24,28). The zero-order valence-corrected chi connectivity index (χ0v) is 15.8. The molecule has 0 spiro atoms. The maximum atomic E-state index is 12.7. The van der Waals surface area contributed by atoms with E-state index in [0.717, 1.165) is 49.2 Å². The fraction of sp³-hybridized carbons (Fsp3) is 0.381. The molecule has 1 amide bonds. The molecule has 1 fully saturated rings. The number of benzene rings is 1. The van der Waals surface area contributed by atoms with Gasteiger partial charge in [0.15, 0.2) is 0 Å². The third kappa shape index (κ3) is 4.21. The van der Waals surface area contributed by atoms with Crippen molar-refractivity contribution in [1.29, 1.82) is 0 Å². The van der Waals surface area contributed by atoms with E-state index in [1.54, 1.807) is 6.33 Å². The molecule has 0 saturated carbocycles. The molecule has 28 heavy (non-hydrogen) atoms. The number of piperidine rings is 1. The van der Waals surface area contributed by atoms with Gasteiger partial charge in [-0.2, -0.15) is 0 Å². The van der Waals surface area contributed by atoms with E-state index in [1.165, 1.54) is 0 Å². The van der Waals surface area contributed by atoms with Crippen LogP contribution in [-0.4, -0.2) is 56.2 Å². The first-order chi connectivity index (χ1) is 13.7. The van der Waals surface area contributed by atoms with E-state index in [1.807, 2.05) is 47.2 Å². The largest absolute Gasteiger partial charge is 0.395 e. The molecule has 1 saturated heterocycles. The summed E-state index contributed by atoms with van der Waals surface area (Å²) in [5, 5.41) is 12.3. The number of nitrogens with one attached hydrogen (secondary N) is 1. The van der Waals surface area contributed by atoms with Crippen LogP contribution in [0.1, 0.15) is 28.9 Å². The number of imidazole rings is 1. The molecule has 0 atom stereocenters. The summed E-state index contributed by atoms with van der Waals surface area (Å²) >= 11 is 0. The molecule has 1 aliphatic heterocycles. The van der Waals surface area contributed by atoms with Crippen molar-refractivity contribution in [3.63, 3.8) is 0 Å². The molecule has 4 rings (SSSR count). The molecule has 146 valence electrons. The molecule has 1 aliphatic rings. The van der Waals surface area contributed by atoms with Crippen LogP contribution in [0.4, 0.5) is 0 Å². The van der Waals surface area contributed by atoms with Crippen molar-refractivity contribution in [1.82, 2.24) is 24.8 Å². The van der Waals surface area contributed by atoms with Gasteiger partial charge in [-0.1, -0.05) is 6.07 Å². The van der Waals surface area contributed by atoms with Crippen LogP contribution in [0.25, 0.3) is 11.0 Å². The Balaban J connectivity index is 1.32. The number of amides is 1. The number of carbonyl (C=O) groups excluding carboxylic acids is 1. The van der Waals surface area contributed by atoms with Crippen molar-refractivity contribution < 1.29 is 9.90 Å². The summed E-state index contributed by atoms with van der Waals surface area (Å²) in [4.78, 5) is 23.8. The smallest absolute Gasteiger partial charge is 0.251 e. The minimum atomic E-state index is -0.0539. The maximum Gasteiger partial charge on any atom is 0.251 e. The first-order valence-corrected chi connectivity index (χ1v) is 9.72. The number of rotatable bonds is 6. The van der Waals surface area contributed by atoms with Gasteiger partial charge in [0.2, 0.25) is 0 Å². The van der Waals surface area contributed by atoms with Gasteiger partial charge in [0.25, 0.3) is 5.91 Å². The first-order valence-electron chi connectivity index (χ1n) is 9.72. The Labute approximate surface area is 164 Å². The monoisotopic (exact) mass is 379 g/mol. The lowest BCUT2D eigenvalue weighted by atomic mass is 10.0. The quantitative estimate of drug-likeness (QED) is 0.683. The fourth-order valence-corrected chi connectivity index (χ4v) is 3.72. The molecular formula is C21H25N5O2. The molecule has 2 N–H and O–H groups in total. The Hall–Kier alpha value is -2.77. The van der Waals surface area contributed by atoms with Crippen LogP contribution in [0, 0.1) is 0 Å². The van der Waals surface area contributed by atoms with Crippen molar-refractivity contribution >= 4 is 16.9 Å². The van der Waals surface area contributed by atoms with E-state index in [4.69, 9.17) is 5.11 Å². The minimum Gasteiger partial charge on any atom is -0.395 e. The Morgan fingerprint density at radius 1 is 1.18 bits per heavy atom. The predicted molar refractivity (Wildman–Crippen MR) is 107 cm³/mol. The molecular weight excluding hydrogens is 354 g/mol. The number of aliphatic hydroxyl groups is 1. The van der Waals surface area contributed by atoms with E-state index < -0.39 is 0 Å². The normalized spacial score (nSPS) is 15.8. The Bertz CT molecular complexity index is 932. The van der Waals surface area contributed by atoms with Crippen molar-refractivity contribution in [2.75, 3.05) is 19.7 Å². The van der Waals surface area contributed by atoms with Crippen molar-refractivity contribution in [2.45, 2.75) is 32.0 Å². The summed E-state index contributed by atoms with van der Waals surface area (Å²) in [6.45, 7) is 3.32. The lowest BCUT2D eigenvalue weighted by Crippen LogP contribution is -2.44. The van der Waals surface area contributed by atoms with Gasteiger partial charge in [0, 0.05) is 44.0 Å². The highest BCUT2D eigenvalue weighted by atomic mass is 16.3. The van der Waals surface area contributed by atoms with Crippen LogP contribution in [0.2, 0.25) is 0 Å². The second kappa shape index (κ2) is 8.50. The van der Waals surface area contributed by atoms with Crippen LogP contribution >= 0.6 is 0 Å². The molecule has 3 heterocycles. The molecule has 0 bridgehead atoms. The fourth-order valence-electron chi connectivity index (χ4n) is 3.72. The minimum absolute atomic E-state index is 0.0539. The van der Waals surface area contributed by atoms with Gasteiger partial charge < -0.3 is 15.0 Å². The number of pyridine rings is 1. The second-order valence-electron chi connectivity index (χ2n) is 7.21. The predicted octanol–water partition coefficient (Wildman–Crippen LogP) is 1.82. The van der Waals surface area contributed by atoms with Gasteiger partial charge in [-0.3, -0.25) is 14.7 Å². The molecule has 1 aromatic carbocycles. The summed E-state index contributed by atoms with van der Waals surface area (Å²) in [6, 6.07) is 11.7. The molecule has 0 aliphatic carbocycles. The molecule has 7 heteroatoms. The van der Waals surface area contributed by atoms with Crippen LogP contribution in [-0.2, 0) is 13.1 Å². The van der Waals surface area contributed by atoms with Crippen LogP contribution in [0.5, 0.6) is 0 Å². The van der Waals surface area contributed by atoms with E-state index >= 15 is 0 Å². The Morgan fingerprint density at radius 3 is 2.79 bits per heavy atom. The van der Waals surface area contributed by atoms with Gasteiger partial charge in [0.1, 0.15) is 0 Å². The highest BCUT2D eigenvalue weighted by molar-refractivity contribution is 5.97. The van der Waals surface area contributed by atoms with Crippen molar-refractivity contribution in [2.24, 2.45) is 0 Å². The number of hydrogen-bond donors (Lipinski definition) is 2. The first kappa shape index (κ1) is 18.6. The lowest BCUT2D eigenvalue weighted by Gasteiger charge is -2.32. The molecule has 0 radical (unpaired) electrons. The molecule has 7 nitrogen and oxygen atoms in total. The van der Waals surface area contributed by atoms with E-state index in [-0.39, 0.29) is 18.6 Å². The highest BCUT2D eigenvalue weighted by Gasteiger charge is 2.21. The SMILES string of the molecule is O=C(NC1CCN(Cc2ccccn2)CC1)c1ccc2c(c1)ncn2CCO. The van der Waals surface area contributed by atoms with E-state index in [2.05, 4.69) is 20.2 Å². The van der Waals surface area contributed by atoms with Crippen molar-refractivity contribution in [3.8, 4) is 0 Å². The topological polar surface area (TPSA) is 83.3 Å². The number of hydrogen-bond acceptors (Lipinski definition) is 5. The lowest BCUT2D eigenvalue weighted by molar-refractivity contribution is 0.0908. The number of likely N-dealkylation sites (tertiary alicyclic amines) is 1. The summed E-state index contributed by atoms with van der Waals surface area (Å²) in [5.41, 5.74) is 3.40. The van der Waals surface area contributed by atoms with Gasteiger partial charge in [-0.15, -0.1) is 0 Å². The number of aliphatic hydroxyl groups excluding tert-OH is 1. The summed E-state index contributed by atoms with van der Waals surface area (Å²) in [6.07, 6.45) is 5.39. The van der Waals surface area contributed by atoms with E-state index in [9.17, 15) is 4.79 Å². The highest BCUT2D eigenvalue weighted by Crippen LogP contribution is 2.17. The Kier molecular flexibility index (Phi) is 5.64. The molecule has 0 unspecified atom stereocenters. The molecule has 3 aromatic rings. The van der Waals surface area contributed by atoms with Gasteiger partial charge >= 0.3 is 0 Å². The van der Waals surface area contributed by atoms with Gasteiger partial charge in [-0.25, -0.2) is 4.98 Å². The van der Waals surface area contributed by atoms with Crippen LogP contribution in [0.15, 0.2) is 48.9 Å². The second-order valence-corrected chi connectivity index (χ2v) is 7.21. The number of carbonyl (C=O) groups is 1. The van der Waals surface area contributed by atoms with E-state index in [0.29, 0.717) is 12.1 Å². The number of nitrogens with zero attached hydrogens (tertiary/aromatic N) is 4. The van der Waals surface area contributed by atoms with Crippen LogP contribution < -0.4 is 5.32 Å². The third-order valence-electron chi connectivity index (χ3n) is 5.26. The average Bonchev–Trinajstić information content (AvgIpc) is 3.13. The van der Waals surface area contributed by atoms with Crippen molar-refractivity contribution in [3.05, 3.63) is 60.2 Å². The van der Waals surface area contributed by atoms with Gasteiger partial charge in [0.05, 0.1) is 29.7 Å².